The van der Waals surface area contributed by atoms with Crippen LogP contribution in [0.4, 0.5) is 0 Å². The van der Waals surface area contributed by atoms with Crippen LogP contribution in [0.3, 0.4) is 0 Å². The van der Waals surface area contributed by atoms with Gasteiger partial charge in [0, 0.05) is 18.7 Å². The lowest BCUT2D eigenvalue weighted by Crippen LogP contribution is -2.38. The summed E-state index contributed by atoms with van der Waals surface area (Å²) in [5.74, 6) is 0.220. The SMILES string of the molecule is NC(=S)c1ccc(OCC(=O)N(CCO)CCO)cc1. The van der Waals surface area contributed by atoms with Crippen LogP contribution < -0.4 is 10.5 Å². The molecular weight excluding hydrogens is 280 g/mol. The van der Waals surface area contributed by atoms with E-state index in [1.54, 1.807) is 24.3 Å². The fourth-order valence-corrected chi connectivity index (χ4v) is 1.69. The second kappa shape index (κ2) is 8.47. The van der Waals surface area contributed by atoms with Crippen LogP contribution in [-0.4, -0.2) is 58.9 Å². The molecule has 0 spiro atoms. The first-order valence-electron chi connectivity index (χ1n) is 6.10. The number of nitrogens with two attached hydrogens (primary N) is 1. The first-order chi connectivity index (χ1) is 9.58. The Morgan fingerprint density at radius 2 is 1.75 bits per heavy atom. The zero-order valence-corrected chi connectivity index (χ0v) is 11.8. The van der Waals surface area contributed by atoms with E-state index in [9.17, 15) is 4.79 Å². The minimum absolute atomic E-state index is 0.158. The zero-order chi connectivity index (χ0) is 15.0. The second-order valence-electron chi connectivity index (χ2n) is 4.01. The Morgan fingerprint density at radius 1 is 1.20 bits per heavy atom. The van der Waals surface area contributed by atoms with Gasteiger partial charge in [-0.3, -0.25) is 4.79 Å². The average Bonchev–Trinajstić information content (AvgIpc) is 2.45. The Labute approximate surface area is 122 Å². The fraction of sp³-hybridized carbons (Fsp3) is 0.385. The number of hydrogen-bond donors (Lipinski definition) is 3. The summed E-state index contributed by atoms with van der Waals surface area (Å²) in [7, 11) is 0. The van der Waals surface area contributed by atoms with Crippen molar-refractivity contribution in [1.82, 2.24) is 4.90 Å². The highest BCUT2D eigenvalue weighted by Gasteiger charge is 2.13. The molecule has 0 heterocycles. The minimum atomic E-state index is -0.300. The van der Waals surface area contributed by atoms with Gasteiger partial charge in [-0.05, 0) is 24.3 Å². The third-order valence-electron chi connectivity index (χ3n) is 2.59. The normalized spacial score (nSPS) is 10.1. The van der Waals surface area contributed by atoms with Crippen LogP contribution in [0, 0.1) is 0 Å². The molecule has 0 fully saturated rings. The van der Waals surface area contributed by atoms with Crippen LogP contribution in [0.2, 0.25) is 0 Å². The molecule has 110 valence electrons. The highest BCUT2D eigenvalue weighted by Crippen LogP contribution is 2.12. The summed E-state index contributed by atoms with van der Waals surface area (Å²) < 4.78 is 5.34. The molecule has 20 heavy (non-hydrogen) atoms. The van der Waals surface area contributed by atoms with Gasteiger partial charge in [0.15, 0.2) is 6.61 Å². The molecule has 1 aromatic rings. The minimum Gasteiger partial charge on any atom is -0.484 e. The maximum atomic E-state index is 11.8. The molecule has 6 nitrogen and oxygen atoms in total. The van der Waals surface area contributed by atoms with Crippen molar-refractivity contribution in [2.45, 2.75) is 0 Å². The number of aliphatic hydroxyl groups excluding tert-OH is 2. The number of thiocarbonyl (C=S) groups is 1. The number of ether oxygens (including phenoxy) is 1. The molecule has 0 atom stereocenters. The lowest BCUT2D eigenvalue weighted by Gasteiger charge is -2.20. The Bertz CT molecular complexity index is 444. The van der Waals surface area contributed by atoms with E-state index < -0.39 is 0 Å². The molecule has 0 aliphatic carbocycles. The number of carbonyl (C=O) groups is 1. The van der Waals surface area contributed by atoms with Crippen molar-refractivity contribution in [2.24, 2.45) is 5.73 Å². The van der Waals surface area contributed by atoms with Gasteiger partial charge in [-0.2, -0.15) is 0 Å². The van der Waals surface area contributed by atoms with Gasteiger partial charge in [-0.25, -0.2) is 0 Å². The largest absolute Gasteiger partial charge is 0.484 e. The first kappa shape index (κ1) is 16.4. The van der Waals surface area contributed by atoms with Crippen molar-refractivity contribution < 1.29 is 19.7 Å². The molecule has 1 amide bonds. The second-order valence-corrected chi connectivity index (χ2v) is 4.45. The lowest BCUT2D eigenvalue weighted by molar-refractivity contribution is -0.134. The van der Waals surface area contributed by atoms with Crippen LogP contribution in [0.15, 0.2) is 24.3 Å². The van der Waals surface area contributed by atoms with E-state index >= 15 is 0 Å². The molecule has 0 radical (unpaired) electrons. The van der Waals surface area contributed by atoms with Crippen molar-refractivity contribution in [3.8, 4) is 5.75 Å². The predicted octanol–water partition coefficient (Wildman–Crippen LogP) is -0.487. The highest BCUT2D eigenvalue weighted by atomic mass is 32.1. The van der Waals surface area contributed by atoms with E-state index in [1.165, 1.54) is 4.90 Å². The number of carbonyl (C=O) groups excluding carboxylic acids is 1. The third-order valence-corrected chi connectivity index (χ3v) is 2.83. The van der Waals surface area contributed by atoms with Gasteiger partial charge in [0.1, 0.15) is 10.7 Å². The summed E-state index contributed by atoms with van der Waals surface area (Å²) >= 11 is 4.83. The van der Waals surface area contributed by atoms with Gasteiger partial charge in [-0.15, -0.1) is 0 Å². The van der Waals surface area contributed by atoms with Crippen molar-refractivity contribution in [3.05, 3.63) is 29.8 Å². The smallest absolute Gasteiger partial charge is 0.260 e. The molecule has 0 saturated carbocycles. The van der Waals surface area contributed by atoms with Crippen molar-refractivity contribution >= 4 is 23.1 Å². The van der Waals surface area contributed by atoms with Crippen LogP contribution >= 0.6 is 12.2 Å². The monoisotopic (exact) mass is 298 g/mol. The number of rotatable bonds is 8. The van der Waals surface area contributed by atoms with E-state index in [-0.39, 0.29) is 38.8 Å². The zero-order valence-electron chi connectivity index (χ0n) is 11.0. The summed E-state index contributed by atoms with van der Waals surface area (Å²) in [5, 5.41) is 17.7. The summed E-state index contributed by atoms with van der Waals surface area (Å²) in [6.45, 7) is -0.137. The standard InChI is InChI=1S/C13H18N2O4S/c14-13(20)10-1-3-11(4-2-10)19-9-12(18)15(5-7-16)6-8-17/h1-4,16-17H,5-9H2,(H2,14,20). The highest BCUT2D eigenvalue weighted by molar-refractivity contribution is 7.80. The van der Waals surface area contributed by atoms with Crippen molar-refractivity contribution in [2.75, 3.05) is 32.9 Å². The van der Waals surface area contributed by atoms with Gasteiger partial charge in [-0.1, -0.05) is 12.2 Å². The van der Waals surface area contributed by atoms with Crippen molar-refractivity contribution in [1.29, 1.82) is 0 Å². The fourth-order valence-electron chi connectivity index (χ4n) is 1.55. The molecule has 7 heteroatoms. The molecular formula is C13H18N2O4S. The number of benzene rings is 1. The number of nitrogens with zero attached hydrogens (tertiary/aromatic N) is 1. The number of amides is 1. The molecule has 4 N–H and O–H groups in total. The number of hydrogen-bond acceptors (Lipinski definition) is 5. The maximum absolute atomic E-state index is 11.8. The summed E-state index contributed by atoms with van der Waals surface area (Å²) in [5.41, 5.74) is 6.20. The number of aliphatic hydroxyl groups is 2. The van der Waals surface area contributed by atoms with E-state index in [4.69, 9.17) is 32.9 Å². The summed E-state index contributed by atoms with van der Waals surface area (Å²) in [6, 6.07) is 6.76. The predicted molar refractivity (Wildman–Crippen MR) is 78.6 cm³/mol. The third kappa shape index (κ3) is 5.12. The Kier molecular flexibility index (Phi) is 6.92. The molecule has 0 aliphatic rings. The van der Waals surface area contributed by atoms with Crippen molar-refractivity contribution in [3.63, 3.8) is 0 Å². The van der Waals surface area contributed by atoms with Gasteiger partial charge in [0.25, 0.3) is 5.91 Å². The van der Waals surface area contributed by atoms with Gasteiger partial charge < -0.3 is 25.6 Å². The van der Waals surface area contributed by atoms with E-state index in [1.807, 2.05) is 0 Å². The Hall–Kier alpha value is -1.70. The molecule has 0 aromatic heterocycles. The van der Waals surface area contributed by atoms with E-state index in [2.05, 4.69) is 0 Å². The molecule has 0 aliphatic heterocycles. The lowest BCUT2D eigenvalue weighted by atomic mass is 10.2. The molecule has 0 bridgehead atoms. The van der Waals surface area contributed by atoms with Gasteiger partial charge >= 0.3 is 0 Å². The van der Waals surface area contributed by atoms with Crippen LogP contribution in [0.5, 0.6) is 5.75 Å². The quantitative estimate of drug-likeness (QED) is 0.561. The first-order valence-corrected chi connectivity index (χ1v) is 6.51. The molecule has 1 rings (SSSR count). The molecule has 1 aromatic carbocycles. The van der Waals surface area contributed by atoms with Crippen LogP contribution in [0.25, 0.3) is 0 Å². The Balaban J connectivity index is 2.52. The van der Waals surface area contributed by atoms with Gasteiger partial charge in [0.2, 0.25) is 0 Å². The molecule has 0 saturated heterocycles. The summed E-state index contributed by atoms with van der Waals surface area (Å²) in [4.78, 5) is 13.4. The topological polar surface area (TPSA) is 96.0 Å². The van der Waals surface area contributed by atoms with Gasteiger partial charge in [0.05, 0.1) is 13.2 Å². The average molecular weight is 298 g/mol. The van der Waals surface area contributed by atoms with Crippen LogP contribution in [0.1, 0.15) is 5.56 Å². The Morgan fingerprint density at radius 3 is 2.20 bits per heavy atom. The van der Waals surface area contributed by atoms with E-state index in [0.29, 0.717) is 10.7 Å². The van der Waals surface area contributed by atoms with E-state index in [0.717, 1.165) is 5.56 Å². The summed E-state index contributed by atoms with van der Waals surface area (Å²) in [6.07, 6.45) is 0. The molecule has 0 unspecified atom stereocenters. The van der Waals surface area contributed by atoms with Crippen LogP contribution in [-0.2, 0) is 4.79 Å². The maximum Gasteiger partial charge on any atom is 0.260 e.